The quantitative estimate of drug-likeness (QED) is 0.769. The SMILES string of the molecule is C#CCCC(NCC)c1cc2c(s1)CCC2. The molecule has 0 spiro atoms. The van der Waals surface area contributed by atoms with Crippen LogP contribution < -0.4 is 5.32 Å². The number of thiophene rings is 1. The fraction of sp³-hybridized carbons (Fsp3) is 0.571. The highest BCUT2D eigenvalue weighted by molar-refractivity contribution is 7.12. The third-order valence-electron chi connectivity index (χ3n) is 3.14. The van der Waals surface area contributed by atoms with Gasteiger partial charge in [-0.05, 0) is 43.9 Å². The van der Waals surface area contributed by atoms with Crippen LogP contribution in [0.4, 0.5) is 0 Å². The van der Waals surface area contributed by atoms with Gasteiger partial charge in [0.1, 0.15) is 0 Å². The molecule has 1 aromatic rings. The third-order valence-corrected chi connectivity index (χ3v) is 4.49. The zero-order valence-electron chi connectivity index (χ0n) is 9.88. The zero-order chi connectivity index (χ0) is 11.4. The lowest BCUT2D eigenvalue weighted by Crippen LogP contribution is -2.19. The van der Waals surface area contributed by atoms with Crippen LogP contribution in [0.2, 0.25) is 0 Å². The van der Waals surface area contributed by atoms with Gasteiger partial charge in [0.2, 0.25) is 0 Å². The summed E-state index contributed by atoms with van der Waals surface area (Å²) in [7, 11) is 0. The minimum atomic E-state index is 0.469. The van der Waals surface area contributed by atoms with E-state index in [1.54, 1.807) is 10.4 Å². The molecule has 1 heterocycles. The van der Waals surface area contributed by atoms with Gasteiger partial charge in [-0.2, -0.15) is 0 Å². The molecule has 16 heavy (non-hydrogen) atoms. The lowest BCUT2D eigenvalue weighted by atomic mass is 10.1. The van der Waals surface area contributed by atoms with Crippen LogP contribution in [0.1, 0.15) is 47.5 Å². The van der Waals surface area contributed by atoms with Crippen molar-refractivity contribution >= 4 is 11.3 Å². The maximum atomic E-state index is 5.35. The van der Waals surface area contributed by atoms with E-state index < -0.39 is 0 Å². The summed E-state index contributed by atoms with van der Waals surface area (Å²) in [6.07, 6.45) is 11.2. The molecule has 0 aliphatic heterocycles. The highest BCUT2D eigenvalue weighted by Gasteiger charge is 2.19. The Hall–Kier alpha value is -0.780. The average molecular weight is 233 g/mol. The Balaban J connectivity index is 2.09. The molecule has 0 amide bonds. The highest BCUT2D eigenvalue weighted by atomic mass is 32.1. The number of terminal acetylenes is 1. The van der Waals surface area contributed by atoms with E-state index in [1.807, 2.05) is 11.3 Å². The second kappa shape index (κ2) is 5.52. The molecule has 0 aromatic carbocycles. The molecule has 0 radical (unpaired) electrons. The lowest BCUT2D eigenvalue weighted by molar-refractivity contribution is 0.530. The fourth-order valence-corrected chi connectivity index (χ4v) is 3.71. The van der Waals surface area contributed by atoms with Gasteiger partial charge in [-0.25, -0.2) is 0 Å². The van der Waals surface area contributed by atoms with E-state index in [9.17, 15) is 0 Å². The zero-order valence-corrected chi connectivity index (χ0v) is 10.7. The summed E-state index contributed by atoms with van der Waals surface area (Å²) in [5, 5.41) is 3.54. The van der Waals surface area contributed by atoms with Gasteiger partial charge in [-0.1, -0.05) is 6.92 Å². The van der Waals surface area contributed by atoms with Gasteiger partial charge in [0.05, 0.1) is 0 Å². The van der Waals surface area contributed by atoms with Crippen LogP contribution in [0.25, 0.3) is 0 Å². The second-order valence-electron chi connectivity index (χ2n) is 4.30. The number of hydrogen-bond donors (Lipinski definition) is 1. The minimum absolute atomic E-state index is 0.469. The molecule has 1 aliphatic rings. The van der Waals surface area contributed by atoms with E-state index in [4.69, 9.17) is 6.42 Å². The first-order valence-electron chi connectivity index (χ1n) is 6.13. The monoisotopic (exact) mass is 233 g/mol. The summed E-state index contributed by atoms with van der Waals surface area (Å²) < 4.78 is 0. The molecule has 1 unspecified atom stereocenters. The van der Waals surface area contributed by atoms with Crippen molar-refractivity contribution in [2.24, 2.45) is 0 Å². The van der Waals surface area contributed by atoms with Crippen LogP contribution in [0, 0.1) is 12.3 Å². The van der Waals surface area contributed by atoms with Crippen molar-refractivity contribution in [1.29, 1.82) is 0 Å². The second-order valence-corrected chi connectivity index (χ2v) is 5.47. The Kier molecular flexibility index (Phi) is 4.04. The smallest absolute Gasteiger partial charge is 0.0424 e. The van der Waals surface area contributed by atoms with Crippen molar-refractivity contribution in [2.45, 2.75) is 45.1 Å². The largest absolute Gasteiger partial charge is 0.309 e. The molecule has 86 valence electrons. The molecule has 1 atom stereocenters. The molecule has 2 rings (SSSR count). The topological polar surface area (TPSA) is 12.0 Å². The molecule has 1 nitrogen and oxygen atoms in total. The van der Waals surface area contributed by atoms with E-state index in [0.29, 0.717) is 6.04 Å². The Bertz CT molecular complexity index is 364. The van der Waals surface area contributed by atoms with Gasteiger partial charge in [-0.3, -0.25) is 0 Å². The van der Waals surface area contributed by atoms with Gasteiger partial charge < -0.3 is 5.32 Å². The highest BCUT2D eigenvalue weighted by Crippen LogP contribution is 2.35. The molecule has 1 N–H and O–H groups in total. The first-order chi connectivity index (χ1) is 7.85. The van der Waals surface area contributed by atoms with Gasteiger partial charge >= 0.3 is 0 Å². The summed E-state index contributed by atoms with van der Waals surface area (Å²) >= 11 is 1.99. The molecule has 1 aliphatic carbocycles. The van der Waals surface area contributed by atoms with Crippen LogP contribution >= 0.6 is 11.3 Å². The maximum Gasteiger partial charge on any atom is 0.0424 e. The van der Waals surface area contributed by atoms with Crippen LogP contribution in [0.15, 0.2) is 6.07 Å². The number of rotatable bonds is 5. The van der Waals surface area contributed by atoms with Crippen molar-refractivity contribution in [3.63, 3.8) is 0 Å². The number of aryl methyl sites for hydroxylation is 2. The summed E-state index contributed by atoms with van der Waals surface area (Å²) in [5.74, 6) is 2.74. The van der Waals surface area contributed by atoms with Crippen LogP contribution in [0.3, 0.4) is 0 Å². The Labute approximate surface area is 102 Å². The van der Waals surface area contributed by atoms with E-state index in [2.05, 4.69) is 24.2 Å². The average Bonchev–Trinajstić information content (AvgIpc) is 2.84. The van der Waals surface area contributed by atoms with Gasteiger partial charge in [0.15, 0.2) is 0 Å². The van der Waals surface area contributed by atoms with Gasteiger partial charge in [-0.15, -0.1) is 23.7 Å². The summed E-state index contributed by atoms with van der Waals surface area (Å²) in [6.45, 7) is 3.17. The van der Waals surface area contributed by atoms with E-state index in [-0.39, 0.29) is 0 Å². The molecular weight excluding hydrogens is 214 g/mol. The Morgan fingerprint density at radius 2 is 2.44 bits per heavy atom. The molecule has 0 saturated heterocycles. The molecule has 0 saturated carbocycles. The minimum Gasteiger partial charge on any atom is -0.309 e. The van der Waals surface area contributed by atoms with Crippen molar-refractivity contribution < 1.29 is 0 Å². The normalized spacial score (nSPS) is 15.8. The first-order valence-corrected chi connectivity index (χ1v) is 6.95. The maximum absolute atomic E-state index is 5.35. The third kappa shape index (κ3) is 2.48. The molecule has 2 heteroatoms. The summed E-state index contributed by atoms with van der Waals surface area (Å²) in [4.78, 5) is 3.10. The van der Waals surface area contributed by atoms with Crippen molar-refractivity contribution in [3.05, 3.63) is 21.4 Å². The standard InChI is InChI=1S/C14H19NS/c1-3-5-8-12(15-4-2)14-10-11-7-6-9-13(11)16-14/h1,10,12,15H,4-9H2,2H3. The van der Waals surface area contributed by atoms with E-state index in [0.717, 1.165) is 19.4 Å². The summed E-state index contributed by atoms with van der Waals surface area (Å²) in [5.41, 5.74) is 1.59. The predicted molar refractivity (Wildman–Crippen MR) is 70.8 cm³/mol. The molecular formula is C14H19NS. The Morgan fingerprint density at radius 3 is 3.12 bits per heavy atom. The van der Waals surface area contributed by atoms with E-state index in [1.165, 1.54) is 24.1 Å². The van der Waals surface area contributed by atoms with Crippen LogP contribution in [-0.2, 0) is 12.8 Å². The van der Waals surface area contributed by atoms with Gasteiger partial charge in [0, 0.05) is 22.2 Å². The summed E-state index contributed by atoms with van der Waals surface area (Å²) in [6, 6.07) is 2.87. The van der Waals surface area contributed by atoms with Crippen molar-refractivity contribution in [3.8, 4) is 12.3 Å². The molecule has 0 bridgehead atoms. The first kappa shape index (κ1) is 11.7. The van der Waals surface area contributed by atoms with E-state index >= 15 is 0 Å². The van der Waals surface area contributed by atoms with Gasteiger partial charge in [0.25, 0.3) is 0 Å². The lowest BCUT2D eigenvalue weighted by Gasteiger charge is -2.14. The molecule has 1 aromatic heterocycles. The predicted octanol–water partition coefficient (Wildman–Crippen LogP) is 3.30. The van der Waals surface area contributed by atoms with Crippen LogP contribution in [-0.4, -0.2) is 6.54 Å². The van der Waals surface area contributed by atoms with Crippen molar-refractivity contribution in [2.75, 3.05) is 6.54 Å². The van der Waals surface area contributed by atoms with Crippen molar-refractivity contribution in [1.82, 2.24) is 5.32 Å². The number of fused-ring (bicyclic) bond motifs is 1. The van der Waals surface area contributed by atoms with Crippen LogP contribution in [0.5, 0.6) is 0 Å². The molecule has 0 fully saturated rings. The Morgan fingerprint density at radius 1 is 1.56 bits per heavy atom. The number of nitrogens with one attached hydrogen (secondary N) is 1. The number of hydrogen-bond acceptors (Lipinski definition) is 2. The fourth-order valence-electron chi connectivity index (χ4n) is 2.34.